The molecular weight excluding hydrogens is 369 g/mol. The summed E-state index contributed by atoms with van der Waals surface area (Å²) in [4.78, 5) is 19.7. The van der Waals surface area contributed by atoms with Crippen LogP contribution in [0.1, 0.15) is 11.1 Å². The predicted octanol–water partition coefficient (Wildman–Crippen LogP) is 5.06. The number of nitrogens with one attached hydrogen (secondary N) is 1. The minimum absolute atomic E-state index is 0.189. The Bertz CT molecular complexity index is 1180. The van der Waals surface area contributed by atoms with E-state index in [9.17, 15) is 4.79 Å². The maximum atomic E-state index is 12.3. The third-order valence-electron chi connectivity index (χ3n) is 4.44. The number of imidazole rings is 1. The third-order valence-corrected chi connectivity index (χ3v) is 5.16. The van der Waals surface area contributed by atoms with E-state index in [0.717, 1.165) is 11.1 Å². The number of nitrogens with zero attached hydrogens (tertiary/aromatic N) is 2. The van der Waals surface area contributed by atoms with Crippen LogP contribution in [0, 0.1) is 6.92 Å². The van der Waals surface area contributed by atoms with Gasteiger partial charge in [0.05, 0.1) is 26.6 Å². The normalized spacial score (nSPS) is 11.2. The van der Waals surface area contributed by atoms with Gasteiger partial charge in [-0.15, -0.1) is 0 Å². The molecule has 4 aromatic rings. The highest BCUT2D eigenvalue weighted by molar-refractivity contribution is 6.42. The standard InChI is InChI=1S/C20H15Cl2N3O/c1-12-5-2-3-6-13(12)11-25-18-10-16(22)15(21)9-17(18)24-19(25)14-7-4-8-23-20(14)26/h2-10H,11H2,1H3,(H,23,26). The number of rotatable bonds is 3. The van der Waals surface area contributed by atoms with Crippen molar-refractivity contribution in [2.75, 3.05) is 0 Å². The largest absolute Gasteiger partial charge is 0.328 e. The second-order valence-electron chi connectivity index (χ2n) is 6.12. The summed E-state index contributed by atoms with van der Waals surface area (Å²) in [5, 5.41) is 0.895. The molecular formula is C20H15Cl2N3O. The quantitative estimate of drug-likeness (QED) is 0.537. The van der Waals surface area contributed by atoms with Gasteiger partial charge in [0, 0.05) is 12.7 Å². The molecule has 130 valence electrons. The van der Waals surface area contributed by atoms with Crippen LogP contribution in [0.2, 0.25) is 10.0 Å². The van der Waals surface area contributed by atoms with Gasteiger partial charge in [0.1, 0.15) is 5.82 Å². The molecule has 0 aliphatic rings. The molecule has 0 unspecified atom stereocenters. The summed E-state index contributed by atoms with van der Waals surface area (Å²) in [6.45, 7) is 2.64. The van der Waals surface area contributed by atoms with E-state index in [1.807, 2.05) is 16.7 Å². The number of benzene rings is 2. The second-order valence-corrected chi connectivity index (χ2v) is 6.93. The van der Waals surface area contributed by atoms with Gasteiger partial charge in [-0.05, 0) is 42.3 Å². The van der Waals surface area contributed by atoms with Crippen LogP contribution in [0.15, 0.2) is 59.5 Å². The average Bonchev–Trinajstić information content (AvgIpc) is 2.95. The van der Waals surface area contributed by atoms with E-state index in [-0.39, 0.29) is 5.56 Å². The zero-order valence-electron chi connectivity index (χ0n) is 14.0. The number of aryl methyl sites for hydroxylation is 1. The number of hydrogen-bond acceptors (Lipinski definition) is 2. The zero-order valence-corrected chi connectivity index (χ0v) is 15.5. The Morgan fingerprint density at radius 1 is 1.08 bits per heavy atom. The van der Waals surface area contributed by atoms with Crippen LogP contribution in [0.5, 0.6) is 0 Å². The van der Waals surface area contributed by atoms with Crippen molar-refractivity contribution < 1.29 is 0 Å². The molecule has 6 heteroatoms. The van der Waals surface area contributed by atoms with Gasteiger partial charge in [-0.2, -0.15) is 0 Å². The summed E-state index contributed by atoms with van der Waals surface area (Å²) in [5.74, 6) is 0.587. The van der Waals surface area contributed by atoms with Gasteiger partial charge < -0.3 is 9.55 Å². The molecule has 0 aliphatic heterocycles. The molecule has 0 aliphatic carbocycles. The van der Waals surface area contributed by atoms with Crippen molar-refractivity contribution in [3.8, 4) is 11.4 Å². The minimum Gasteiger partial charge on any atom is -0.328 e. The Labute approximate surface area is 160 Å². The highest BCUT2D eigenvalue weighted by Crippen LogP contribution is 2.31. The van der Waals surface area contributed by atoms with Gasteiger partial charge in [0.2, 0.25) is 0 Å². The highest BCUT2D eigenvalue weighted by atomic mass is 35.5. The minimum atomic E-state index is -0.189. The molecule has 0 saturated carbocycles. The lowest BCUT2D eigenvalue weighted by atomic mass is 10.1. The van der Waals surface area contributed by atoms with E-state index in [1.165, 1.54) is 5.56 Å². The Morgan fingerprint density at radius 3 is 2.62 bits per heavy atom. The van der Waals surface area contributed by atoms with Crippen LogP contribution in [-0.2, 0) is 6.54 Å². The Balaban J connectivity index is 2.00. The lowest BCUT2D eigenvalue weighted by Gasteiger charge is -2.11. The number of H-pyrrole nitrogens is 1. The Morgan fingerprint density at radius 2 is 1.85 bits per heavy atom. The fourth-order valence-electron chi connectivity index (χ4n) is 3.04. The summed E-state index contributed by atoms with van der Waals surface area (Å²) in [7, 11) is 0. The van der Waals surface area contributed by atoms with Crippen molar-refractivity contribution in [1.29, 1.82) is 0 Å². The molecule has 1 N–H and O–H groups in total. The molecule has 0 spiro atoms. The van der Waals surface area contributed by atoms with Crippen molar-refractivity contribution >= 4 is 34.2 Å². The smallest absolute Gasteiger partial charge is 0.258 e. The van der Waals surface area contributed by atoms with Crippen LogP contribution in [0.25, 0.3) is 22.4 Å². The molecule has 2 aromatic heterocycles. The van der Waals surface area contributed by atoms with Gasteiger partial charge in [-0.25, -0.2) is 4.98 Å². The molecule has 0 radical (unpaired) electrons. The highest BCUT2D eigenvalue weighted by Gasteiger charge is 2.17. The molecule has 4 rings (SSSR count). The van der Waals surface area contributed by atoms with E-state index >= 15 is 0 Å². The van der Waals surface area contributed by atoms with E-state index in [4.69, 9.17) is 23.2 Å². The molecule has 0 atom stereocenters. The van der Waals surface area contributed by atoms with Gasteiger partial charge in [0.15, 0.2) is 0 Å². The van der Waals surface area contributed by atoms with Crippen LogP contribution < -0.4 is 5.56 Å². The molecule has 0 amide bonds. The fourth-order valence-corrected chi connectivity index (χ4v) is 3.36. The molecule has 26 heavy (non-hydrogen) atoms. The lowest BCUT2D eigenvalue weighted by Crippen LogP contribution is -2.12. The maximum absolute atomic E-state index is 12.3. The Hall–Kier alpha value is -2.56. The summed E-state index contributed by atoms with van der Waals surface area (Å²) in [6, 6.07) is 15.2. The van der Waals surface area contributed by atoms with Crippen LogP contribution in [-0.4, -0.2) is 14.5 Å². The van der Waals surface area contributed by atoms with Gasteiger partial charge in [-0.1, -0.05) is 47.5 Å². The van der Waals surface area contributed by atoms with Crippen molar-refractivity contribution in [2.45, 2.75) is 13.5 Å². The second kappa shape index (κ2) is 6.63. The molecule has 4 nitrogen and oxygen atoms in total. The summed E-state index contributed by atoms with van der Waals surface area (Å²) < 4.78 is 2.00. The Kier molecular flexibility index (Phi) is 4.31. The van der Waals surface area contributed by atoms with Crippen LogP contribution in [0.4, 0.5) is 0 Å². The summed E-state index contributed by atoms with van der Waals surface area (Å²) >= 11 is 12.4. The molecule has 0 saturated heterocycles. The summed E-state index contributed by atoms with van der Waals surface area (Å²) in [6.07, 6.45) is 1.61. The predicted molar refractivity (Wildman–Crippen MR) is 106 cm³/mol. The van der Waals surface area contributed by atoms with E-state index in [0.29, 0.717) is 33.5 Å². The molecule has 0 fully saturated rings. The first-order chi connectivity index (χ1) is 12.5. The van der Waals surface area contributed by atoms with Crippen molar-refractivity contribution in [2.24, 2.45) is 0 Å². The van der Waals surface area contributed by atoms with Gasteiger partial charge in [0.25, 0.3) is 5.56 Å². The van der Waals surface area contributed by atoms with Gasteiger partial charge >= 0.3 is 0 Å². The van der Waals surface area contributed by atoms with Crippen molar-refractivity contribution in [3.05, 3.63) is 86.3 Å². The maximum Gasteiger partial charge on any atom is 0.258 e. The van der Waals surface area contributed by atoms with Crippen LogP contribution >= 0.6 is 23.2 Å². The van der Waals surface area contributed by atoms with E-state index in [2.05, 4.69) is 29.0 Å². The number of aromatic nitrogens is 3. The molecule has 2 aromatic carbocycles. The molecule has 2 heterocycles. The average molecular weight is 384 g/mol. The number of halogens is 2. The number of fused-ring (bicyclic) bond motifs is 1. The lowest BCUT2D eigenvalue weighted by molar-refractivity contribution is 0.826. The fraction of sp³-hybridized carbons (Fsp3) is 0.100. The molecule has 0 bridgehead atoms. The zero-order chi connectivity index (χ0) is 18.3. The first kappa shape index (κ1) is 16.9. The number of aromatic amines is 1. The SMILES string of the molecule is Cc1ccccc1Cn1c(-c2ccc[nH]c2=O)nc2cc(Cl)c(Cl)cc21. The van der Waals surface area contributed by atoms with Crippen molar-refractivity contribution in [1.82, 2.24) is 14.5 Å². The van der Waals surface area contributed by atoms with Gasteiger partial charge in [-0.3, -0.25) is 4.79 Å². The van der Waals surface area contributed by atoms with Crippen molar-refractivity contribution in [3.63, 3.8) is 0 Å². The topological polar surface area (TPSA) is 50.7 Å². The van der Waals surface area contributed by atoms with E-state index in [1.54, 1.807) is 30.5 Å². The monoisotopic (exact) mass is 383 g/mol. The van der Waals surface area contributed by atoms with E-state index < -0.39 is 0 Å². The number of pyridine rings is 1. The van der Waals surface area contributed by atoms with Crippen LogP contribution in [0.3, 0.4) is 0 Å². The third kappa shape index (κ3) is 2.91. The first-order valence-electron chi connectivity index (χ1n) is 8.12. The summed E-state index contributed by atoms with van der Waals surface area (Å²) in [5.41, 5.74) is 4.16. The number of hydrogen-bond donors (Lipinski definition) is 1. The first-order valence-corrected chi connectivity index (χ1v) is 8.88.